The molecule has 84 valence electrons. The molecule has 0 spiro atoms. The van der Waals surface area contributed by atoms with Crippen LogP contribution in [0, 0.1) is 18.6 Å². The Hall–Kier alpha value is -1.55. The van der Waals surface area contributed by atoms with Gasteiger partial charge in [0.05, 0.1) is 5.69 Å². The van der Waals surface area contributed by atoms with Gasteiger partial charge in [-0.05, 0) is 31.5 Å². The number of nitrogens with zero attached hydrogens (tertiary/aromatic N) is 1. The Bertz CT molecular complexity index is 550. The lowest BCUT2D eigenvalue weighted by Crippen LogP contribution is -2.08. The number of halogens is 2. The molecule has 0 saturated carbocycles. The molecule has 0 fully saturated rings. The molecule has 2 N–H and O–H groups in total. The van der Waals surface area contributed by atoms with Crippen LogP contribution in [0.5, 0.6) is 0 Å². The number of hydrogen-bond acceptors (Lipinski definition) is 2. The minimum absolute atomic E-state index is 0.175. The number of hydrogen-bond donors (Lipinski definition) is 1. The minimum atomic E-state index is -0.652. The van der Waals surface area contributed by atoms with Gasteiger partial charge in [-0.1, -0.05) is 0 Å². The van der Waals surface area contributed by atoms with E-state index in [0.717, 1.165) is 11.6 Å². The van der Waals surface area contributed by atoms with Crippen molar-refractivity contribution in [3.8, 4) is 0 Å². The number of rotatable bonds is 1. The number of benzene rings is 1. The van der Waals surface area contributed by atoms with Crippen molar-refractivity contribution < 1.29 is 8.78 Å². The van der Waals surface area contributed by atoms with Gasteiger partial charge in [0.1, 0.15) is 11.3 Å². The molecule has 0 aliphatic rings. The zero-order valence-electron chi connectivity index (χ0n) is 9.09. The quantitative estimate of drug-likeness (QED) is 0.805. The lowest BCUT2D eigenvalue weighted by atomic mass is 10.1. The number of aromatic nitrogens is 1. The number of pyridine rings is 1. The summed E-state index contributed by atoms with van der Waals surface area (Å²) in [6.45, 7) is 3.56. The molecule has 2 aromatic rings. The third-order valence-electron chi connectivity index (χ3n) is 2.52. The molecule has 0 aliphatic heterocycles. The molecule has 0 radical (unpaired) electrons. The van der Waals surface area contributed by atoms with Crippen molar-refractivity contribution in [2.45, 2.75) is 19.9 Å². The van der Waals surface area contributed by atoms with Crippen molar-refractivity contribution in [2.24, 2.45) is 5.73 Å². The standard InChI is InChI=1S/C12H12F2N2/c1-6-3-11(7(2)15)16-12-9(6)4-8(13)5-10(12)14/h3-5,7H,15H2,1-2H3. The van der Waals surface area contributed by atoms with Crippen LogP contribution in [0.25, 0.3) is 10.9 Å². The van der Waals surface area contributed by atoms with E-state index in [4.69, 9.17) is 5.73 Å². The Kier molecular flexibility index (Phi) is 2.59. The van der Waals surface area contributed by atoms with Gasteiger partial charge in [0.15, 0.2) is 5.82 Å². The number of aryl methyl sites for hydroxylation is 1. The van der Waals surface area contributed by atoms with Gasteiger partial charge < -0.3 is 5.73 Å². The largest absolute Gasteiger partial charge is 0.323 e. The van der Waals surface area contributed by atoms with Crippen molar-refractivity contribution in [1.29, 1.82) is 0 Å². The zero-order chi connectivity index (χ0) is 11.9. The van der Waals surface area contributed by atoms with Crippen molar-refractivity contribution in [2.75, 3.05) is 0 Å². The SMILES string of the molecule is Cc1cc(C(C)N)nc2c(F)cc(F)cc12. The fourth-order valence-electron chi connectivity index (χ4n) is 1.67. The highest BCUT2D eigenvalue weighted by atomic mass is 19.1. The Labute approximate surface area is 92.1 Å². The summed E-state index contributed by atoms with van der Waals surface area (Å²) >= 11 is 0. The van der Waals surface area contributed by atoms with E-state index in [9.17, 15) is 8.78 Å². The Morgan fingerprint density at radius 3 is 2.56 bits per heavy atom. The van der Waals surface area contributed by atoms with Gasteiger partial charge in [-0.25, -0.2) is 13.8 Å². The van der Waals surface area contributed by atoms with Crippen LogP contribution in [0.15, 0.2) is 18.2 Å². The first-order chi connectivity index (χ1) is 7.49. The van der Waals surface area contributed by atoms with Gasteiger partial charge >= 0.3 is 0 Å². The summed E-state index contributed by atoms with van der Waals surface area (Å²) in [7, 11) is 0. The van der Waals surface area contributed by atoms with Crippen LogP contribution in [0.3, 0.4) is 0 Å². The van der Waals surface area contributed by atoms with Gasteiger partial charge in [-0.3, -0.25) is 0 Å². The lowest BCUT2D eigenvalue weighted by Gasteiger charge is -2.09. The van der Waals surface area contributed by atoms with Gasteiger partial charge in [0.25, 0.3) is 0 Å². The summed E-state index contributed by atoms with van der Waals surface area (Å²) < 4.78 is 26.6. The van der Waals surface area contributed by atoms with Crippen LogP contribution in [0.1, 0.15) is 24.2 Å². The van der Waals surface area contributed by atoms with Crippen LogP contribution in [0.4, 0.5) is 8.78 Å². The van der Waals surface area contributed by atoms with E-state index < -0.39 is 11.6 Å². The molecule has 0 bridgehead atoms. The first-order valence-electron chi connectivity index (χ1n) is 5.01. The third-order valence-corrected chi connectivity index (χ3v) is 2.52. The highest BCUT2D eigenvalue weighted by Gasteiger charge is 2.11. The second-order valence-corrected chi connectivity index (χ2v) is 3.94. The first-order valence-corrected chi connectivity index (χ1v) is 5.01. The fraction of sp³-hybridized carbons (Fsp3) is 0.250. The molecule has 1 heterocycles. The topological polar surface area (TPSA) is 38.9 Å². The number of nitrogens with two attached hydrogens (primary N) is 1. The van der Waals surface area contributed by atoms with E-state index in [2.05, 4.69) is 4.98 Å². The smallest absolute Gasteiger partial charge is 0.152 e. The second kappa shape index (κ2) is 3.79. The summed E-state index contributed by atoms with van der Waals surface area (Å²) in [5, 5.41) is 0.488. The molecular formula is C12H12F2N2. The van der Waals surface area contributed by atoms with E-state index in [1.807, 2.05) is 0 Å². The highest BCUT2D eigenvalue weighted by molar-refractivity contribution is 5.82. The van der Waals surface area contributed by atoms with Crippen LogP contribution in [0.2, 0.25) is 0 Å². The van der Waals surface area contributed by atoms with Crippen LogP contribution in [-0.4, -0.2) is 4.98 Å². The summed E-state index contributed by atoms with van der Waals surface area (Å²) in [6.07, 6.45) is 0. The monoisotopic (exact) mass is 222 g/mol. The maximum Gasteiger partial charge on any atom is 0.152 e. The molecule has 0 saturated heterocycles. The van der Waals surface area contributed by atoms with E-state index in [-0.39, 0.29) is 11.6 Å². The Morgan fingerprint density at radius 2 is 1.94 bits per heavy atom. The van der Waals surface area contributed by atoms with Crippen molar-refractivity contribution in [3.05, 3.63) is 41.1 Å². The minimum Gasteiger partial charge on any atom is -0.323 e. The Balaban J connectivity index is 2.82. The van der Waals surface area contributed by atoms with Gasteiger partial charge in [-0.15, -0.1) is 0 Å². The second-order valence-electron chi connectivity index (χ2n) is 3.94. The van der Waals surface area contributed by atoms with E-state index in [0.29, 0.717) is 11.1 Å². The molecule has 0 amide bonds. The average Bonchev–Trinajstić information content (AvgIpc) is 2.19. The van der Waals surface area contributed by atoms with Gasteiger partial charge in [0.2, 0.25) is 0 Å². The molecule has 4 heteroatoms. The molecule has 1 unspecified atom stereocenters. The van der Waals surface area contributed by atoms with E-state index >= 15 is 0 Å². The van der Waals surface area contributed by atoms with Gasteiger partial charge in [-0.2, -0.15) is 0 Å². The predicted molar refractivity (Wildman–Crippen MR) is 59.0 cm³/mol. The average molecular weight is 222 g/mol. The zero-order valence-corrected chi connectivity index (χ0v) is 9.09. The molecule has 1 aromatic heterocycles. The normalized spacial score (nSPS) is 13.1. The summed E-state index contributed by atoms with van der Waals surface area (Å²) in [4.78, 5) is 4.11. The first kappa shape index (κ1) is 11.0. The molecule has 0 aliphatic carbocycles. The molecule has 1 atom stereocenters. The highest BCUT2D eigenvalue weighted by Crippen LogP contribution is 2.23. The number of fused-ring (bicyclic) bond motifs is 1. The van der Waals surface area contributed by atoms with Crippen molar-refractivity contribution >= 4 is 10.9 Å². The maximum absolute atomic E-state index is 13.5. The molecular weight excluding hydrogens is 210 g/mol. The van der Waals surface area contributed by atoms with E-state index in [1.54, 1.807) is 19.9 Å². The van der Waals surface area contributed by atoms with Crippen LogP contribution in [-0.2, 0) is 0 Å². The fourth-order valence-corrected chi connectivity index (χ4v) is 1.67. The van der Waals surface area contributed by atoms with Gasteiger partial charge in [0, 0.05) is 17.5 Å². The predicted octanol–water partition coefficient (Wildman–Crippen LogP) is 2.84. The summed E-state index contributed by atoms with van der Waals surface area (Å²) in [5.74, 6) is -1.25. The van der Waals surface area contributed by atoms with Crippen LogP contribution < -0.4 is 5.73 Å². The molecule has 2 nitrogen and oxygen atoms in total. The molecule has 16 heavy (non-hydrogen) atoms. The van der Waals surface area contributed by atoms with E-state index in [1.165, 1.54) is 6.07 Å². The molecule has 2 rings (SSSR count). The maximum atomic E-state index is 13.5. The third kappa shape index (κ3) is 1.76. The lowest BCUT2D eigenvalue weighted by molar-refractivity contribution is 0.589. The molecule has 1 aromatic carbocycles. The van der Waals surface area contributed by atoms with Crippen molar-refractivity contribution in [1.82, 2.24) is 4.98 Å². The van der Waals surface area contributed by atoms with Crippen molar-refractivity contribution in [3.63, 3.8) is 0 Å². The summed E-state index contributed by atoms with van der Waals surface area (Å²) in [5.41, 5.74) is 7.25. The summed E-state index contributed by atoms with van der Waals surface area (Å²) in [6, 6.07) is 3.60. The Morgan fingerprint density at radius 1 is 1.25 bits per heavy atom. The van der Waals surface area contributed by atoms with Crippen LogP contribution >= 0.6 is 0 Å².